The van der Waals surface area contributed by atoms with Gasteiger partial charge in [-0.05, 0) is 25.0 Å². The van der Waals surface area contributed by atoms with Crippen LogP contribution in [0.2, 0.25) is 0 Å². The van der Waals surface area contributed by atoms with Crippen LogP contribution in [0.25, 0.3) is 11.3 Å². The predicted molar refractivity (Wildman–Crippen MR) is 119 cm³/mol. The molecule has 4 rings (SSSR count). The molecule has 0 spiro atoms. The fourth-order valence-corrected chi connectivity index (χ4v) is 5.85. The monoisotopic (exact) mass is 477 g/mol. The van der Waals surface area contributed by atoms with Crippen LogP contribution in [0, 0.1) is 0 Å². The molecule has 0 aromatic carbocycles. The zero-order valence-electron chi connectivity index (χ0n) is 17.6. The Kier molecular flexibility index (Phi) is 6.17. The molecule has 32 heavy (non-hydrogen) atoms. The second-order valence-electron chi connectivity index (χ2n) is 7.42. The SMILES string of the molecule is COC(=O)c1cc(-c2csc(NC(=O)c3cc(S(=O)(=O)N4CCCCC4)cn3C)n2)c[nH]1. The average Bonchev–Trinajstić information content (AvgIpc) is 3.53. The molecule has 0 bridgehead atoms. The highest BCUT2D eigenvalue weighted by molar-refractivity contribution is 7.89. The Bertz CT molecular complexity index is 1250. The third kappa shape index (κ3) is 4.33. The van der Waals surface area contributed by atoms with Gasteiger partial charge in [0.25, 0.3) is 5.91 Å². The van der Waals surface area contributed by atoms with Gasteiger partial charge in [0.1, 0.15) is 16.3 Å². The molecule has 0 aliphatic carbocycles. The number of aryl methyl sites for hydroxylation is 1. The Labute approximate surface area is 189 Å². The van der Waals surface area contributed by atoms with Crippen LogP contribution >= 0.6 is 11.3 Å². The fraction of sp³-hybridized carbons (Fsp3) is 0.350. The number of carbonyl (C=O) groups is 2. The minimum absolute atomic E-state index is 0.106. The Morgan fingerprint density at radius 3 is 2.69 bits per heavy atom. The van der Waals surface area contributed by atoms with Gasteiger partial charge in [-0.2, -0.15) is 4.31 Å². The van der Waals surface area contributed by atoms with Gasteiger partial charge in [-0.1, -0.05) is 6.42 Å². The van der Waals surface area contributed by atoms with Gasteiger partial charge in [0.15, 0.2) is 5.13 Å². The third-order valence-electron chi connectivity index (χ3n) is 5.27. The molecule has 10 nitrogen and oxygen atoms in total. The normalized spacial score (nSPS) is 14.9. The molecule has 0 atom stereocenters. The molecule has 0 radical (unpaired) electrons. The van der Waals surface area contributed by atoms with E-state index in [4.69, 9.17) is 0 Å². The Balaban J connectivity index is 1.49. The van der Waals surface area contributed by atoms with Gasteiger partial charge < -0.3 is 14.3 Å². The molecule has 2 N–H and O–H groups in total. The van der Waals surface area contributed by atoms with E-state index in [9.17, 15) is 18.0 Å². The number of hydrogen-bond acceptors (Lipinski definition) is 7. The summed E-state index contributed by atoms with van der Waals surface area (Å²) in [6, 6.07) is 3.00. The number of sulfonamides is 1. The van der Waals surface area contributed by atoms with Crippen LogP contribution in [-0.4, -0.2) is 59.3 Å². The summed E-state index contributed by atoms with van der Waals surface area (Å²) in [6.45, 7) is 0.995. The van der Waals surface area contributed by atoms with Crippen molar-refractivity contribution >= 4 is 38.4 Å². The number of nitrogens with zero attached hydrogens (tertiary/aromatic N) is 3. The van der Waals surface area contributed by atoms with Gasteiger partial charge in [0.05, 0.1) is 12.8 Å². The Morgan fingerprint density at radius 2 is 1.97 bits per heavy atom. The zero-order chi connectivity index (χ0) is 22.9. The lowest BCUT2D eigenvalue weighted by molar-refractivity contribution is 0.0594. The molecule has 170 valence electrons. The number of hydrogen-bond donors (Lipinski definition) is 2. The summed E-state index contributed by atoms with van der Waals surface area (Å²) in [7, 11) is -0.702. The maximum atomic E-state index is 12.9. The van der Waals surface area contributed by atoms with Gasteiger partial charge in [-0.3, -0.25) is 10.1 Å². The van der Waals surface area contributed by atoms with Crippen LogP contribution in [0.3, 0.4) is 0 Å². The molecule has 1 amide bonds. The number of amides is 1. The summed E-state index contributed by atoms with van der Waals surface area (Å²) in [5.41, 5.74) is 1.77. The van der Waals surface area contributed by atoms with E-state index >= 15 is 0 Å². The van der Waals surface area contributed by atoms with E-state index in [2.05, 4.69) is 20.0 Å². The zero-order valence-corrected chi connectivity index (χ0v) is 19.3. The molecule has 1 aliphatic rings. The number of thiazole rings is 1. The van der Waals surface area contributed by atoms with E-state index in [1.54, 1.807) is 24.7 Å². The van der Waals surface area contributed by atoms with Crippen molar-refractivity contribution in [3.8, 4) is 11.3 Å². The highest BCUT2D eigenvalue weighted by Gasteiger charge is 2.28. The third-order valence-corrected chi connectivity index (χ3v) is 7.90. The number of anilines is 1. The van der Waals surface area contributed by atoms with E-state index in [-0.39, 0.29) is 10.6 Å². The van der Waals surface area contributed by atoms with Crippen LogP contribution < -0.4 is 5.32 Å². The highest BCUT2D eigenvalue weighted by Crippen LogP contribution is 2.27. The van der Waals surface area contributed by atoms with E-state index in [1.807, 2.05) is 0 Å². The fourth-order valence-electron chi connectivity index (χ4n) is 3.55. The number of carbonyl (C=O) groups excluding carboxylic acids is 2. The van der Waals surface area contributed by atoms with Crippen molar-refractivity contribution < 1.29 is 22.7 Å². The smallest absolute Gasteiger partial charge is 0.354 e. The maximum absolute atomic E-state index is 12.9. The van der Waals surface area contributed by atoms with Crippen molar-refractivity contribution in [2.45, 2.75) is 24.2 Å². The van der Waals surface area contributed by atoms with Crippen molar-refractivity contribution in [3.05, 3.63) is 41.3 Å². The predicted octanol–water partition coefficient (Wildman–Crippen LogP) is 2.69. The first-order valence-electron chi connectivity index (χ1n) is 10.00. The summed E-state index contributed by atoms with van der Waals surface area (Å²) in [6.07, 6.45) is 5.79. The van der Waals surface area contributed by atoms with Gasteiger partial charge in [0.2, 0.25) is 10.0 Å². The molecule has 0 unspecified atom stereocenters. The number of esters is 1. The number of aromatic nitrogens is 3. The molecule has 3 aromatic heterocycles. The highest BCUT2D eigenvalue weighted by atomic mass is 32.2. The number of aromatic amines is 1. The minimum Gasteiger partial charge on any atom is -0.464 e. The number of H-pyrrole nitrogens is 1. The topological polar surface area (TPSA) is 126 Å². The van der Waals surface area contributed by atoms with Gasteiger partial charge in [-0.25, -0.2) is 18.2 Å². The molecule has 1 saturated heterocycles. The Hall–Kier alpha value is -2.96. The summed E-state index contributed by atoms with van der Waals surface area (Å²) in [4.78, 5) is 31.7. The van der Waals surface area contributed by atoms with E-state index in [1.165, 1.54) is 39.6 Å². The maximum Gasteiger partial charge on any atom is 0.354 e. The number of methoxy groups -OCH3 is 1. The van der Waals surface area contributed by atoms with Crippen molar-refractivity contribution in [2.24, 2.45) is 7.05 Å². The number of ether oxygens (including phenoxy) is 1. The number of piperidine rings is 1. The average molecular weight is 478 g/mol. The first-order valence-corrected chi connectivity index (χ1v) is 12.3. The van der Waals surface area contributed by atoms with Crippen LogP contribution in [0.15, 0.2) is 34.8 Å². The summed E-state index contributed by atoms with van der Waals surface area (Å²) < 4.78 is 33.4. The van der Waals surface area contributed by atoms with Crippen LogP contribution in [0.1, 0.15) is 40.2 Å². The summed E-state index contributed by atoms with van der Waals surface area (Å²) >= 11 is 1.22. The second-order valence-corrected chi connectivity index (χ2v) is 10.2. The lowest BCUT2D eigenvalue weighted by Gasteiger charge is -2.25. The minimum atomic E-state index is -3.63. The van der Waals surface area contributed by atoms with Gasteiger partial charge in [0, 0.05) is 43.5 Å². The van der Waals surface area contributed by atoms with Crippen molar-refractivity contribution in [2.75, 3.05) is 25.5 Å². The number of nitrogens with one attached hydrogen (secondary N) is 2. The van der Waals surface area contributed by atoms with E-state index in [0.29, 0.717) is 35.2 Å². The molecule has 0 saturated carbocycles. The van der Waals surface area contributed by atoms with E-state index in [0.717, 1.165) is 19.3 Å². The molecular weight excluding hydrogens is 454 g/mol. The van der Waals surface area contributed by atoms with Crippen molar-refractivity contribution in [3.63, 3.8) is 0 Å². The quantitative estimate of drug-likeness (QED) is 0.526. The lowest BCUT2D eigenvalue weighted by atomic mass is 10.2. The van der Waals surface area contributed by atoms with Gasteiger partial charge >= 0.3 is 5.97 Å². The standard InChI is InChI=1S/C20H23N5O5S2/c1-24-11-14(32(28,29)25-6-4-3-5-7-25)9-17(24)18(26)23-20-22-16(12-31-20)13-8-15(21-10-13)19(27)30-2/h8-12,21H,3-7H2,1-2H3,(H,22,23,26). The first-order chi connectivity index (χ1) is 15.3. The molecular formula is C20H23N5O5S2. The lowest BCUT2D eigenvalue weighted by Crippen LogP contribution is -2.35. The molecule has 1 aliphatic heterocycles. The van der Waals surface area contributed by atoms with Crippen LogP contribution in [0.5, 0.6) is 0 Å². The molecule has 4 heterocycles. The van der Waals surface area contributed by atoms with E-state index < -0.39 is 21.9 Å². The van der Waals surface area contributed by atoms with Gasteiger partial charge in [-0.15, -0.1) is 11.3 Å². The largest absolute Gasteiger partial charge is 0.464 e. The summed E-state index contributed by atoms with van der Waals surface area (Å²) in [5, 5.41) is 4.81. The molecule has 12 heteroatoms. The van der Waals surface area contributed by atoms with Crippen molar-refractivity contribution in [1.82, 2.24) is 18.8 Å². The van der Waals surface area contributed by atoms with Crippen LogP contribution in [0.4, 0.5) is 5.13 Å². The van der Waals surface area contributed by atoms with Crippen LogP contribution in [-0.2, 0) is 21.8 Å². The Morgan fingerprint density at radius 1 is 1.22 bits per heavy atom. The second kappa shape index (κ2) is 8.88. The number of rotatable bonds is 6. The summed E-state index contributed by atoms with van der Waals surface area (Å²) in [5.74, 6) is -0.947. The first kappa shape index (κ1) is 22.2. The molecule has 1 fully saturated rings. The molecule has 3 aromatic rings. The van der Waals surface area contributed by atoms with Crippen molar-refractivity contribution in [1.29, 1.82) is 0 Å².